The third-order valence-corrected chi connectivity index (χ3v) is 2.12. The molecular formula is C9H9Cl2NO2. The van der Waals surface area contributed by atoms with E-state index in [0.717, 1.165) is 0 Å². The van der Waals surface area contributed by atoms with Crippen LogP contribution in [0.25, 0.3) is 0 Å². The fourth-order valence-corrected chi connectivity index (χ4v) is 1.28. The van der Waals surface area contributed by atoms with Crippen LogP contribution in [0.1, 0.15) is 6.92 Å². The zero-order valence-electron chi connectivity index (χ0n) is 7.42. The van der Waals surface area contributed by atoms with Crippen molar-refractivity contribution in [2.24, 2.45) is 0 Å². The summed E-state index contributed by atoms with van der Waals surface area (Å²) >= 11 is 11.5. The smallest absolute Gasteiger partial charge is 0.252 e. The Morgan fingerprint density at radius 1 is 1.50 bits per heavy atom. The summed E-state index contributed by atoms with van der Waals surface area (Å²) in [6, 6.07) is 4.69. The van der Waals surface area contributed by atoms with Crippen LogP contribution in [-0.4, -0.2) is 17.1 Å². The lowest BCUT2D eigenvalue weighted by Gasteiger charge is -2.08. The first-order chi connectivity index (χ1) is 6.50. The van der Waals surface area contributed by atoms with E-state index in [1.807, 2.05) is 0 Å². The van der Waals surface area contributed by atoms with Crippen LogP contribution in [0.4, 0.5) is 5.69 Å². The van der Waals surface area contributed by atoms with Crippen LogP contribution in [0, 0.1) is 0 Å². The second-order valence-electron chi connectivity index (χ2n) is 2.79. The van der Waals surface area contributed by atoms with Gasteiger partial charge in [0.05, 0.1) is 10.7 Å². The summed E-state index contributed by atoms with van der Waals surface area (Å²) in [7, 11) is 0. The highest BCUT2D eigenvalue weighted by Gasteiger charge is 2.10. The Kier molecular flexibility index (Phi) is 3.75. The largest absolute Gasteiger partial charge is 0.384 e. The quantitative estimate of drug-likeness (QED) is 0.824. The fourth-order valence-electron chi connectivity index (χ4n) is 0.828. The first-order valence-corrected chi connectivity index (χ1v) is 4.70. The summed E-state index contributed by atoms with van der Waals surface area (Å²) in [4.78, 5) is 11.1. The van der Waals surface area contributed by atoms with Gasteiger partial charge in [0.15, 0.2) is 0 Å². The molecule has 0 aliphatic carbocycles. The minimum atomic E-state index is -1.07. The van der Waals surface area contributed by atoms with E-state index in [1.54, 1.807) is 12.1 Å². The van der Waals surface area contributed by atoms with Gasteiger partial charge in [-0.3, -0.25) is 4.79 Å². The number of carbonyl (C=O) groups excluding carboxylic acids is 1. The Morgan fingerprint density at radius 2 is 2.14 bits per heavy atom. The molecule has 0 fully saturated rings. The molecule has 0 bridgehead atoms. The summed E-state index contributed by atoms with van der Waals surface area (Å²) in [5, 5.41) is 12.2. The van der Waals surface area contributed by atoms with Gasteiger partial charge >= 0.3 is 0 Å². The summed E-state index contributed by atoms with van der Waals surface area (Å²) in [6.07, 6.45) is -1.07. The van der Waals surface area contributed by atoms with Gasteiger partial charge in [0, 0.05) is 5.02 Å². The van der Waals surface area contributed by atoms with Crippen molar-refractivity contribution in [1.82, 2.24) is 0 Å². The Labute approximate surface area is 91.6 Å². The first kappa shape index (κ1) is 11.3. The Balaban J connectivity index is 2.82. The normalized spacial score (nSPS) is 12.3. The van der Waals surface area contributed by atoms with E-state index in [2.05, 4.69) is 5.32 Å². The van der Waals surface area contributed by atoms with Crippen molar-refractivity contribution >= 4 is 34.8 Å². The van der Waals surface area contributed by atoms with Crippen LogP contribution in [0.15, 0.2) is 18.2 Å². The van der Waals surface area contributed by atoms with Gasteiger partial charge < -0.3 is 10.4 Å². The topological polar surface area (TPSA) is 49.3 Å². The highest BCUT2D eigenvalue weighted by atomic mass is 35.5. The number of carbonyl (C=O) groups is 1. The Morgan fingerprint density at radius 3 is 2.64 bits per heavy atom. The van der Waals surface area contributed by atoms with Crippen molar-refractivity contribution in [2.45, 2.75) is 13.0 Å². The van der Waals surface area contributed by atoms with Crippen molar-refractivity contribution in [3.8, 4) is 0 Å². The molecule has 5 heteroatoms. The number of benzene rings is 1. The van der Waals surface area contributed by atoms with Gasteiger partial charge in [-0.05, 0) is 25.1 Å². The van der Waals surface area contributed by atoms with Gasteiger partial charge in [0.25, 0.3) is 5.91 Å². The van der Waals surface area contributed by atoms with Gasteiger partial charge in [0.1, 0.15) is 6.10 Å². The first-order valence-electron chi connectivity index (χ1n) is 3.94. The van der Waals surface area contributed by atoms with E-state index in [0.29, 0.717) is 15.7 Å². The molecule has 0 saturated heterocycles. The van der Waals surface area contributed by atoms with Gasteiger partial charge in [-0.1, -0.05) is 23.2 Å². The van der Waals surface area contributed by atoms with Crippen molar-refractivity contribution < 1.29 is 9.90 Å². The maximum Gasteiger partial charge on any atom is 0.252 e. The summed E-state index contributed by atoms with van der Waals surface area (Å²) < 4.78 is 0. The SMILES string of the molecule is CC(O)C(=O)Nc1ccc(Cl)cc1Cl. The van der Waals surface area contributed by atoms with Crippen LogP contribution in [0.5, 0.6) is 0 Å². The molecule has 1 unspecified atom stereocenters. The highest BCUT2D eigenvalue weighted by Crippen LogP contribution is 2.25. The van der Waals surface area contributed by atoms with Crippen molar-refractivity contribution in [1.29, 1.82) is 0 Å². The average Bonchev–Trinajstić information content (AvgIpc) is 2.09. The number of hydrogen-bond donors (Lipinski definition) is 2. The lowest BCUT2D eigenvalue weighted by Crippen LogP contribution is -2.24. The molecule has 0 spiro atoms. The standard InChI is InChI=1S/C9H9Cl2NO2/c1-5(13)9(14)12-8-3-2-6(10)4-7(8)11/h2-5,13H,1H3,(H,12,14). The molecule has 0 aliphatic rings. The Bertz CT molecular complexity index is 353. The summed E-state index contributed by atoms with van der Waals surface area (Å²) in [6.45, 7) is 1.37. The molecule has 0 saturated carbocycles. The van der Waals surface area contributed by atoms with E-state index < -0.39 is 12.0 Å². The average molecular weight is 234 g/mol. The molecule has 1 aromatic rings. The molecule has 1 rings (SSSR count). The van der Waals surface area contributed by atoms with Crippen molar-refractivity contribution in [3.05, 3.63) is 28.2 Å². The number of halogens is 2. The van der Waals surface area contributed by atoms with Crippen molar-refractivity contribution in [3.63, 3.8) is 0 Å². The third kappa shape index (κ3) is 2.87. The maximum absolute atomic E-state index is 11.1. The van der Waals surface area contributed by atoms with Gasteiger partial charge in [-0.2, -0.15) is 0 Å². The van der Waals surface area contributed by atoms with E-state index in [9.17, 15) is 4.79 Å². The second kappa shape index (κ2) is 4.64. The summed E-state index contributed by atoms with van der Waals surface area (Å²) in [5.41, 5.74) is 0.432. The van der Waals surface area contributed by atoms with Gasteiger partial charge in [-0.15, -0.1) is 0 Å². The second-order valence-corrected chi connectivity index (χ2v) is 3.63. The van der Waals surface area contributed by atoms with Crippen LogP contribution >= 0.6 is 23.2 Å². The lowest BCUT2D eigenvalue weighted by molar-refractivity contribution is -0.123. The number of hydrogen-bond acceptors (Lipinski definition) is 2. The molecule has 0 aliphatic heterocycles. The van der Waals surface area contributed by atoms with Crippen LogP contribution in [0.2, 0.25) is 10.0 Å². The Hall–Kier alpha value is -0.770. The molecule has 14 heavy (non-hydrogen) atoms. The van der Waals surface area contributed by atoms with E-state index in [4.69, 9.17) is 28.3 Å². The minimum Gasteiger partial charge on any atom is -0.384 e. The van der Waals surface area contributed by atoms with E-state index in [1.165, 1.54) is 13.0 Å². The fraction of sp³-hybridized carbons (Fsp3) is 0.222. The molecule has 76 valence electrons. The number of rotatable bonds is 2. The molecule has 1 amide bonds. The van der Waals surface area contributed by atoms with E-state index in [-0.39, 0.29) is 0 Å². The molecule has 0 aromatic heterocycles. The number of aliphatic hydroxyl groups excluding tert-OH is 1. The van der Waals surface area contributed by atoms with Crippen LogP contribution in [0.3, 0.4) is 0 Å². The predicted octanol–water partition coefficient (Wildman–Crippen LogP) is 2.31. The van der Waals surface area contributed by atoms with Crippen molar-refractivity contribution in [2.75, 3.05) is 5.32 Å². The van der Waals surface area contributed by atoms with Crippen LogP contribution < -0.4 is 5.32 Å². The molecule has 1 aromatic carbocycles. The zero-order chi connectivity index (χ0) is 10.7. The number of anilines is 1. The summed E-state index contributed by atoms with van der Waals surface area (Å²) in [5.74, 6) is -0.505. The molecule has 3 nitrogen and oxygen atoms in total. The van der Waals surface area contributed by atoms with Gasteiger partial charge in [-0.25, -0.2) is 0 Å². The molecule has 0 radical (unpaired) electrons. The lowest BCUT2D eigenvalue weighted by atomic mass is 10.3. The number of aliphatic hydroxyl groups is 1. The number of amides is 1. The molecule has 1 atom stereocenters. The monoisotopic (exact) mass is 233 g/mol. The molecule has 2 N–H and O–H groups in total. The maximum atomic E-state index is 11.1. The third-order valence-electron chi connectivity index (χ3n) is 1.57. The van der Waals surface area contributed by atoms with Crippen LogP contribution in [-0.2, 0) is 4.79 Å². The van der Waals surface area contributed by atoms with E-state index >= 15 is 0 Å². The van der Waals surface area contributed by atoms with Gasteiger partial charge in [0.2, 0.25) is 0 Å². The minimum absolute atomic E-state index is 0.339. The highest BCUT2D eigenvalue weighted by molar-refractivity contribution is 6.36. The zero-order valence-corrected chi connectivity index (χ0v) is 8.93. The molecule has 0 heterocycles. The number of nitrogens with one attached hydrogen (secondary N) is 1. The molecular weight excluding hydrogens is 225 g/mol. The predicted molar refractivity (Wildman–Crippen MR) is 56.8 cm³/mol.